The van der Waals surface area contributed by atoms with E-state index in [1.54, 1.807) is 39.0 Å². The third-order valence-corrected chi connectivity index (χ3v) is 6.93. The lowest BCUT2D eigenvalue weighted by molar-refractivity contribution is -0.143. The van der Waals surface area contributed by atoms with Crippen LogP contribution in [-0.2, 0) is 20.3 Å². The second-order valence-corrected chi connectivity index (χ2v) is 10.9. The zero-order valence-corrected chi connectivity index (χ0v) is 21.3. The van der Waals surface area contributed by atoms with Crippen LogP contribution in [-0.4, -0.2) is 19.9 Å². The normalized spacial score (nSPS) is 13.0. The van der Waals surface area contributed by atoms with E-state index in [0.717, 1.165) is 16.7 Å². The van der Waals surface area contributed by atoms with Crippen LogP contribution in [0.4, 0.5) is 13.2 Å². The van der Waals surface area contributed by atoms with Gasteiger partial charge in [0.2, 0.25) is 0 Å². The van der Waals surface area contributed by atoms with Crippen LogP contribution in [0.5, 0.6) is 11.5 Å². The minimum Gasteiger partial charge on any atom is -0.426 e. The standard InChI is InChI=1S/C25H31F3O5S/c1-8-24(9-2,18-10-12-20(16(3)14-18)32-22(29)23(5,6)7)19-11-13-21(17(4)15-19)33-34(30,31)25(26,27)28/h10-15H,8-9H2,1-7H3. The van der Waals surface area contributed by atoms with Gasteiger partial charge in [-0.25, -0.2) is 0 Å². The summed E-state index contributed by atoms with van der Waals surface area (Å²) in [5.74, 6) is -0.259. The molecule has 0 heterocycles. The summed E-state index contributed by atoms with van der Waals surface area (Å²) in [4.78, 5) is 12.3. The molecule has 188 valence electrons. The molecule has 9 heteroatoms. The number of halogens is 3. The molecular formula is C25H31F3O5S. The van der Waals surface area contributed by atoms with Gasteiger partial charge in [0, 0.05) is 5.41 Å². The van der Waals surface area contributed by atoms with Gasteiger partial charge in [-0.15, -0.1) is 0 Å². The molecule has 2 rings (SSSR count). The number of carbonyl (C=O) groups excluding carboxylic acids is 1. The number of carbonyl (C=O) groups is 1. The Bertz CT molecular complexity index is 1160. The van der Waals surface area contributed by atoms with Gasteiger partial charge in [-0.05, 0) is 81.8 Å². The first-order valence-corrected chi connectivity index (χ1v) is 12.3. The summed E-state index contributed by atoms with van der Waals surface area (Å²) in [6.45, 7) is 12.7. The predicted octanol–water partition coefficient (Wildman–Crippen LogP) is 6.59. The van der Waals surface area contributed by atoms with Gasteiger partial charge < -0.3 is 8.92 Å². The largest absolute Gasteiger partial charge is 0.534 e. The summed E-state index contributed by atoms with van der Waals surface area (Å²) in [5, 5.41) is 0. The molecule has 2 aromatic carbocycles. The Morgan fingerprint density at radius 1 is 0.853 bits per heavy atom. The lowest BCUT2D eigenvalue weighted by Gasteiger charge is -2.34. The SMILES string of the molecule is CCC(CC)(c1ccc(OC(=O)C(C)(C)C)c(C)c1)c1ccc(OS(=O)(=O)C(F)(F)F)c(C)c1. The number of rotatable bonds is 7. The summed E-state index contributed by atoms with van der Waals surface area (Å²) in [7, 11) is -5.76. The van der Waals surface area contributed by atoms with Crippen LogP contribution < -0.4 is 8.92 Å². The summed E-state index contributed by atoms with van der Waals surface area (Å²) >= 11 is 0. The predicted molar refractivity (Wildman–Crippen MR) is 124 cm³/mol. The fourth-order valence-electron chi connectivity index (χ4n) is 3.75. The quantitative estimate of drug-likeness (QED) is 0.186. The maximum atomic E-state index is 12.7. The highest BCUT2D eigenvalue weighted by molar-refractivity contribution is 7.88. The van der Waals surface area contributed by atoms with Crippen molar-refractivity contribution in [3.05, 3.63) is 58.7 Å². The van der Waals surface area contributed by atoms with Crippen LogP contribution >= 0.6 is 0 Å². The lowest BCUT2D eigenvalue weighted by atomic mass is 9.70. The second-order valence-electron chi connectivity index (χ2n) is 9.37. The number of alkyl halides is 3. The zero-order chi connectivity index (χ0) is 26.1. The van der Waals surface area contributed by atoms with Gasteiger partial charge in [0.05, 0.1) is 5.41 Å². The molecule has 0 aromatic heterocycles. The molecule has 0 saturated heterocycles. The van der Waals surface area contributed by atoms with E-state index in [0.29, 0.717) is 18.6 Å². The minimum atomic E-state index is -5.76. The molecule has 0 spiro atoms. The van der Waals surface area contributed by atoms with Crippen molar-refractivity contribution in [3.8, 4) is 11.5 Å². The van der Waals surface area contributed by atoms with Crippen LogP contribution in [0.3, 0.4) is 0 Å². The monoisotopic (exact) mass is 500 g/mol. The first kappa shape index (κ1) is 27.7. The topological polar surface area (TPSA) is 69.7 Å². The number of esters is 1. The van der Waals surface area contributed by atoms with E-state index >= 15 is 0 Å². The molecule has 0 radical (unpaired) electrons. The maximum Gasteiger partial charge on any atom is 0.534 e. The molecule has 0 saturated carbocycles. The molecule has 0 fully saturated rings. The van der Waals surface area contributed by atoms with Crippen LogP contribution in [0.25, 0.3) is 0 Å². The lowest BCUT2D eigenvalue weighted by Crippen LogP contribution is -2.29. The van der Waals surface area contributed by atoms with Crippen LogP contribution in [0.15, 0.2) is 36.4 Å². The van der Waals surface area contributed by atoms with Crippen molar-refractivity contribution in [1.29, 1.82) is 0 Å². The number of ether oxygens (including phenoxy) is 1. The van der Waals surface area contributed by atoms with E-state index in [2.05, 4.69) is 4.18 Å². The number of hydrogen-bond donors (Lipinski definition) is 0. The molecule has 0 bridgehead atoms. The molecular weight excluding hydrogens is 469 g/mol. The van der Waals surface area contributed by atoms with Crippen molar-refractivity contribution < 1.29 is 35.3 Å². The molecule has 0 aliphatic rings. The molecule has 0 aliphatic heterocycles. The Hall–Kier alpha value is -2.55. The zero-order valence-electron chi connectivity index (χ0n) is 20.5. The molecule has 0 N–H and O–H groups in total. The minimum absolute atomic E-state index is 0.268. The smallest absolute Gasteiger partial charge is 0.426 e. The second kappa shape index (κ2) is 9.60. The Morgan fingerprint density at radius 3 is 1.65 bits per heavy atom. The highest BCUT2D eigenvalue weighted by atomic mass is 32.2. The summed E-state index contributed by atoms with van der Waals surface area (Å²) in [6, 6.07) is 10.0. The van der Waals surface area contributed by atoms with E-state index in [1.165, 1.54) is 13.0 Å². The fraction of sp³-hybridized carbons (Fsp3) is 0.480. The van der Waals surface area contributed by atoms with Crippen molar-refractivity contribution in [3.63, 3.8) is 0 Å². The summed E-state index contributed by atoms with van der Waals surface area (Å²) < 4.78 is 70.9. The van der Waals surface area contributed by atoms with E-state index in [9.17, 15) is 26.4 Å². The van der Waals surface area contributed by atoms with E-state index in [-0.39, 0.29) is 17.3 Å². The molecule has 0 unspecified atom stereocenters. The van der Waals surface area contributed by atoms with E-state index in [4.69, 9.17) is 4.74 Å². The van der Waals surface area contributed by atoms with Gasteiger partial charge >= 0.3 is 21.6 Å². The number of benzene rings is 2. The number of hydrogen-bond acceptors (Lipinski definition) is 5. The van der Waals surface area contributed by atoms with Crippen LogP contribution in [0.2, 0.25) is 0 Å². The van der Waals surface area contributed by atoms with Gasteiger partial charge in [0.1, 0.15) is 11.5 Å². The molecule has 2 aromatic rings. The summed E-state index contributed by atoms with van der Waals surface area (Å²) in [5.41, 5.74) is -3.86. The van der Waals surface area contributed by atoms with Crippen molar-refractivity contribution in [2.24, 2.45) is 5.41 Å². The Balaban J connectivity index is 2.48. The van der Waals surface area contributed by atoms with Crippen molar-refractivity contribution >= 4 is 16.1 Å². The molecule has 0 atom stereocenters. The molecule has 0 amide bonds. The van der Waals surface area contributed by atoms with E-state index in [1.807, 2.05) is 32.9 Å². The van der Waals surface area contributed by atoms with Gasteiger partial charge in [0.25, 0.3) is 0 Å². The first-order chi connectivity index (χ1) is 15.5. The molecule has 0 aliphatic carbocycles. The molecule has 34 heavy (non-hydrogen) atoms. The first-order valence-electron chi connectivity index (χ1n) is 10.9. The maximum absolute atomic E-state index is 12.7. The summed E-state index contributed by atoms with van der Waals surface area (Å²) in [6.07, 6.45) is 1.34. The fourth-order valence-corrected chi connectivity index (χ4v) is 4.27. The van der Waals surface area contributed by atoms with E-state index < -0.39 is 26.5 Å². The van der Waals surface area contributed by atoms with Gasteiger partial charge in [-0.2, -0.15) is 21.6 Å². The highest BCUT2D eigenvalue weighted by Crippen LogP contribution is 2.42. The Labute approximate surface area is 199 Å². The Kier molecular flexibility index (Phi) is 7.82. The van der Waals surface area contributed by atoms with Gasteiger partial charge in [0.15, 0.2) is 0 Å². The average molecular weight is 501 g/mol. The van der Waals surface area contributed by atoms with Crippen molar-refractivity contribution in [2.75, 3.05) is 0 Å². The van der Waals surface area contributed by atoms with Gasteiger partial charge in [-0.3, -0.25) is 4.79 Å². The molecule has 5 nitrogen and oxygen atoms in total. The third-order valence-electron chi connectivity index (χ3n) is 5.96. The van der Waals surface area contributed by atoms with Crippen molar-refractivity contribution in [2.45, 2.75) is 72.2 Å². The number of aryl methyl sites for hydroxylation is 2. The average Bonchev–Trinajstić information content (AvgIpc) is 2.71. The third kappa shape index (κ3) is 5.56. The van der Waals surface area contributed by atoms with Crippen molar-refractivity contribution in [1.82, 2.24) is 0 Å². The Morgan fingerprint density at radius 2 is 1.29 bits per heavy atom. The highest BCUT2D eigenvalue weighted by Gasteiger charge is 2.48. The van der Waals surface area contributed by atoms with Crippen LogP contribution in [0, 0.1) is 19.3 Å². The van der Waals surface area contributed by atoms with Gasteiger partial charge in [-0.1, -0.05) is 38.1 Å². The van der Waals surface area contributed by atoms with Crippen LogP contribution in [0.1, 0.15) is 69.7 Å².